The average Bonchev–Trinajstić information content (AvgIpc) is 3.11. The zero-order chi connectivity index (χ0) is 19.1. The minimum atomic E-state index is -4.60. The highest BCUT2D eigenvalue weighted by molar-refractivity contribution is 5.71. The molecule has 1 aliphatic heterocycles. The Balaban J connectivity index is 1.91. The molecule has 3 rings (SSSR count). The minimum absolute atomic E-state index is 0.0262. The number of carbonyl (C=O) groups excluding carboxylic acids is 1. The Morgan fingerprint density at radius 1 is 1.35 bits per heavy atom. The van der Waals surface area contributed by atoms with E-state index in [0.717, 1.165) is 4.57 Å². The topological polar surface area (TPSA) is 60.2 Å². The first-order chi connectivity index (χ1) is 12.1. The lowest BCUT2D eigenvalue weighted by Crippen LogP contribution is -2.41. The number of imidazole rings is 1. The van der Waals surface area contributed by atoms with Crippen LogP contribution in [0.2, 0.25) is 0 Å². The van der Waals surface area contributed by atoms with Gasteiger partial charge in [0.25, 0.3) is 0 Å². The number of fused-ring (bicyclic) bond motifs is 1. The number of amides is 1. The van der Waals surface area contributed by atoms with Gasteiger partial charge in [-0.2, -0.15) is 13.2 Å². The predicted octanol–water partition coefficient (Wildman–Crippen LogP) is 3.85. The molecular weight excluding hydrogens is 349 g/mol. The number of halogens is 3. The highest BCUT2D eigenvalue weighted by atomic mass is 19.4. The summed E-state index contributed by atoms with van der Waals surface area (Å²) in [6.07, 6.45) is -2.36. The second-order valence-electron chi connectivity index (χ2n) is 7.36. The molecule has 1 amide bonds. The van der Waals surface area contributed by atoms with Crippen LogP contribution in [0.1, 0.15) is 39.4 Å². The van der Waals surface area contributed by atoms with E-state index in [-0.39, 0.29) is 17.7 Å². The van der Waals surface area contributed by atoms with Gasteiger partial charge in [0.1, 0.15) is 11.1 Å². The molecule has 2 aromatic heterocycles. The third-order valence-electron chi connectivity index (χ3n) is 4.16. The Bertz CT molecular complexity index is 810. The average molecular weight is 370 g/mol. The van der Waals surface area contributed by atoms with Crippen LogP contribution in [0.3, 0.4) is 0 Å². The highest BCUT2D eigenvalue weighted by Crippen LogP contribution is 2.32. The summed E-state index contributed by atoms with van der Waals surface area (Å²) in [6.45, 7) is 5.70. The molecule has 0 N–H and O–H groups in total. The summed E-state index contributed by atoms with van der Waals surface area (Å²) in [4.78, 5) is 21.6. The number of pyridine rings is 1. The Hall–Kier alpha value is -2.32. The number of hydrogen-bond acceptors (Lipinski definition) is 4. The molecule has 2 aromatic rings. The highest BCUT2D eigenvalue weighted by Gasteiger charge is 2.40. The van der Waals surface area contributed by atoms with E-state index in [4.69, 9.17) is 4.74 Å². The number of nitrogens with zero attached hydrogens (tertiary/aromatic N) is 4. The molecule has 0 aliphatic carbocycles. The summed E-state index contributed by atoms with van der Waals surface area (Å²) in [6, 6.07) is 2.64. The van der Waals surface area contributed by atoms with Gasteiger partial charge in [0.05, 0.1) is 6.04 Å². The molecule has 1 atom stereocenters. The van der Waals surface area contributed by atoms with E-state index in [9.17, 15) is 18.0 Å². The molecule has 1 aliphatic rings. The summed E-state index contributed by atoms with van der Waals surface area (Å²) >= 11 is 0. The summed E-state index contributed by atoms with van der Waals surface area (Å²) < 4.78 is 46.7. The SMILES string of the molecule is CC(C)(C)OC(=O)N1CCC[C@@H]1Cn1c(C(F)(F)F)nc2cccnc21. The molecule has 9 heteroatoms. The van der Waals surface area contributed by atoms with Crippen LogP contribution in [-0.4, -0.2) is 43.7 Å². The van der Waals surface area contributed by atoms with E-state index in [1.165, 1.54) is 17.2 Å². The molecule has 0 radical (unpaired) electrons. The largest absolute Gasteiger partial charge is 0.449 e. The maximum atomic E-state index is 13.4. The summed E-state index contributed by atoms with van der Waals surface area (Å²) in [5.74, 6) is -0.998. The van der Waals surface area contributed by atoms with Crippen LogP contribution in [-0.2, 0) is 17.5 Å². The molecule has 0 unspecified atom stereocenters. The number of hydrogen-bond donors (Lipinski definition) is 0. The number of likely N-dealkylation sites (tertiary alicyclic amines) is 1. The lowest BCUT2D eigenvalue weighted by Gasteiger charge is -2.29. The van der Waals surface area contributed by atoms with Crippen LogP contribution in [0, 0.1) is 0 Å². The van der Waals surface area contributed by atoms with Crippen molar-refractivity contribution in [1.82, 2.24) is 19.4 Å². The lowest BCUT2D eigenvalue weighted by atomic mass is 10.2. The van der Waals surface area contributed by atoms with Crippen molar-refractivity contribution in [3.8, 4) is 0 Å². The molecule has 1 saturated heterocycles. The molecule has 6 nitrogen and oxygen atoms in total. The van der Waals surface area contributed by atoms with Gasteiger partial charge in [-0.25, -0.2) is 14.8 Å². The van der Waals surface area contributed by atoms with Crippen molar-refractivity contribution in [3.63, 3.8) is 0 Å². The fourth-order valence-electron chi connectivity index (χ4n) is 3.15. The van der Waals surface area contributed by atoms with Crippen LogP contribution in [0.25, 0.3) is 11.2 Å². The van der Waals surface area contributed by atoms with Gasteiger partial charge in [0.2, 0.25) is 5.82 Å². The van der Waals surface area contributed by atoms with Gasteiger partial charge >= 0.3 is 12.3 Å². The quantitative estimate of drug-likeness (QED) is 0.806. The lowest BCUT2D eigenvalue weighted by molar-refractivity contribution is -0.147. The number of ether oxygens (including phenoxy) is 1. The maximum Gasteiger partial charge on any atom is 0.449 e. The van der Waals surface area contributed by atoms with Crippen molar-refractivity contribution in [3.05, 3.63) is 24.2 Å². The number of aromatic nitrogens is 3. The first kappa shape index (κ1) is 18.5. The fourth-order valence-corrected chi connectivity index (χ4v) is 3.15. The molecule has 0 bridgehead atoms. The van der Waals surface area contributed by atoms with Gasteiger partial charge in [-0.15, -0.1) is 0 Å². The van der Waals surface area contributed by atoms with Gasteiger partial charge < -0.3 is 14.2 Å². The predicted molar refractivity (Wildman–Crippen MR) is 88.5 cm³/mol. The van der Waals surface area contributed by atoms with E-state index >= 15 is 0 Å². The number of carbonyl (C=O) groups is 1. The van der Waals surface area contributed by atoms with Crippen LogP contribution in [0.4, 0.5) is 18.0 Å². The Morgan fingerprint density at radius 3 is 2.73 bits per heavy atom. The van der Waals surface area contributed by atoms with Crippen molar-refractivity contribution < 1.29 is 22.7 Å². The van der Waals surface area contributed by atoms with Crippen molar-refractivity contribution in [1.29, 1.82) is 0 Å². The molecule has 0 saturated carbocycles. The van der Waals surface area contributed by atoms with E-state index in [0.29, 0.717) is 19.4 Å². The Labute approximate surface area is 149 Å². The van der Waals surface area contributed by atoms with Crippen LogP contribution in [0.5, 0.6) is 0 Å². The molecule has 142 valence electrons. The molecule has 3 heterocycles. The van der Waals surface area contributed by atoms with Gasteiger partial charge in [-0.05, 0) is 45.7 Å². The van der Waals surface area contributed by atoms with Gasteiger partial charge in [0.15, 0.2) is 5.65 Å². The third-order valence-corrected chi connectivity index (χ3v) is 4.16. The van der Waals surface area contributed by atoms with Crippen LogP contribution >= 0.6 is 0 Å². The van der Waals surface area contributed by atoms with Gasteiger partial charge in [0, 0.05) is 19.3 Å². The molecule has 26 heavy (non-hydrogen) atoms. The van der Waals surface area contributed by atoms with Gasteiger partial charge in [-0.3, -0.25) is 0 Å². The third kappa shape index (κ3) is 3.76. The minimum Gasteiger partial charge on any atom is -0.444 e. The second-order valence-corrected chi connectivity index (χ2v) is 7.36. The second kappa shape index (κ2) is 6.44. The standard InChI is InChI=1S/C17H21F3N4O2/c1-16(2,3)26-15(25)23-9-5-6-11(23)10-24-13-12(7-4-8-21-13)22-14(24)17(18,19)20/h4,7-8,11H,5-6,9-10H2,1-3H3/t11-/m1/s1. The maximum absolute atomic E-state index is 13.4. The molecular formula is C17H21F3N4O2. The summed E-state index contributed by atoms with van der Waals surface area (Å²) in [5.41, 5.74) is -0.317. The normalized spacial score (nSPS) is 18.5. The Kier molecular flexibility index (Phi) is 4.58. The van der Waals surface area contributed by atoms with Crippen LogP contribution < -0.4 is 0 Å². The zero-order valence-corrected chi connectivity index (χ0v) is 14.9. The number of alkyl halides is 3. The molecule has 1 fully saturated rings. The smallest absolute Gasteiger partial charge is 0.444 e. The van der Waals surface area contributed by atoms with E-state index in [1.807, 2.05) is 0 Å². The summed E-state index contributed by atoms with van der Waals surface area (Å²) in [7, 11) is 0. The number of rotatable bonds is 2. The monoisotopic (exact) mass is 370 g/mol. The van der Waals surface area contributed by atoms with Crippen molar-refractivity contribution in [2.24, 2.45) is 0 Å². The first-order valence-electron chi connectivity index (χ1n) is 8.44. The van der Waals surface area contributed by atoms with Crippen molar-refractivity contribution >= 4 is 17.3 Å². The first-order valence-corrected chi connectivity index (χ1v) is 8.44. The Morgan fingerprint density at radius 2 is 2.08 bits per heavy atom. The van der Waals surface area contributed by atoms with E-state index < -0.39 is 29.7 Å². The van der Waals surface area contributed by atoms with Crippen LogP contribution in [0.15, 0.2) is 18.3 Å². The van der Waals surface area contributed by atoms with Gasteiger partial charge in [-0.1, -0.05) is 0 Å². The van der Waals surface area contributed by atoms with E-state index in [1.54, 1.807) is 26.8 Å². The summed E-state index contributed by atoms with van der Waals surface area (Å²) in [5, 5.41) is 0. The zero-order valence-electron chi connectivity index (χ0n) is 14.9. The van der Waals surface area contributed by atoms with Crippen molar-refractivity contribution in [2.45, 2.75) is 58.0 Å². The molecule has 0 aromatic carbocycles. The van der Waals surface area contributed by atoms with Crippen molar-refractivity contribution in [2.75, 3.05) is 6.54 Å². The fraction of sp³-hybridized carbons (Fsp3) is 0.588. The van der Waals surface area contributed by atoms with E-state index in [2.05, 4.69) is 9.97 Å². The molecule has 0 spiro atoms.